The Morgan fingerprint density at radius 3 is 2.79 bits per heavy atom. The molecule has 9 nitrogen and oxygen atoms in total. The molecule has 0 radical (unpaired) electrons. The third-order valence-corrected chi connectivity index (χ3v) is 10.9. The first-order valence-electron chi connectivity index (χ1n) is 15.3. The van der Waals surface area contributed by atoms with Crippen LogP contribution >= 0.6 is 11.6 Å². The van der Waals surface area contributed by atoms with Crippen molar-refractivity contribution in [2.24, 2.45) is 17.0 Å². The average molecular weight is 633 g/mol. The summed E-state index contributed by atoms with van der Waals surface area (Å²) in [5.74, 6) is 0.242. The summed E-state index contributed by atoms with van der Waals surface area (Å²) in [7, 11) is -3.57. The summed E-state index contributed by atoms with van der Waals surface area (Å²) in [6.45, 7) is 4.14. The number of carboxylic acid groups (broad SMARTS) is 1. The molecule has 1 saturated carbocycles. The molecule has 0 unspecified atom stereocenters. The molecule has 11 heteroatoms. The fraction of sp³-hybridized carbons (Fsp3) is 0.594. The van der Waals surface area contributed by atoms with E-state index >= 15 is 0 Å². The number of aryl methyl sites for hydroxylation is 1. The first-order chi connectivity index (χ1) is 20.5. The Hall–Kier alpha value is -2.37. The van der Waals surface area contributed by atoms with Gasteiger partial charge in [-0.25, -0.2) is 18.4 Å². The maximum Gasteiger partial charge on any atom is 0.335 e. The summed E-state index contributed by atoms with van der Waals surface area (Å²) in [6, 6.07) is 11.4. The van der Waals surface area contributed by atoms with E-state index < -0.39 is 16.0 Å². The first-order valence-corrected chi connectivity index (χ1v) is 17.4. The zero-order valence-corrected chi connectivity index (χ0v) is 26.1. The molecule has 6 atom stereocenters. The Bertz CT molecular complexity index is 1470. The average Bonchev–Trinajstić information content (AvgIpc) is 3.07. The number of rotatable bonds is 8. The molecule has 0 bridgehead atoms. The quantitative estimate of drug-likeness (QED) is 0.426. The lowest BCUT2D eigenvalue weighted by molar-refractivity contribution is -0.146. The number of nitrogens with two attached hydrogens (primary N) is 1. The topological polar surface area (TPSA) is 128 Å². The van der Waals surface area contributed by atoms with E-state index in [9.17, 15) is 18.3 Å². The summed E-state index contributed by atoms with van der Waals surface area (Å²) >= 11 is 6.39. The molecule has 2 heterocycles. The highest BCUT2D eigenvalue weighted by molar-refractivity contribution is 7.89. The fourth-order valence-electron chi connectivity index (χ4n) is 7.72. The van der Waals surface area contributed by atoms with Gasteiger partial charge >= 0.3 is 5.97 Å². The van der Waals surface area contributed by atoms with Crippen LogP contribution < -0.4 is 14.8 Å². The van der Waals surface area contributed by atoms with Crippen LogP contribution in [-0.4, -0.2) is 69.9 Å². The molecule has 234 valence electrons. The Morgan fingerprint density at radius 1 is 1.21 bits per heavy atom. The van der Waals surface area contributed by atoms with Gasteiger partial charge in [-0.15, -0.1) is 0 Å². The monoisotopic (exact) mass is 632 g/mol. The number of primary sulfonamides is 1. The maximum atomic E-state index is 12.0. The highest BCUT2D eigenvalue weighted by Gasteiger charge is 2.46. The van der Waals surface area contributed by atoms with Crippen molar-refractivity contribution in [1.29, 1.82) is 0 Å². The number of hydrogen-bond donors (Lipinski definition) is 2. The van der Waals surface area contributed by atoms with Crippen molar-refractivity contribution in [3.05, 3.63) is 58.1 Å². The Kier molecular flexibility index (Phi) is 8.69. The smallest absolute Gasteiger partial charge is 0.335 e. The zero-order valence-electron chi connectivity index (χ0n) is 24.5. The molecule has 2 aliphatic carbocycles. The summed E-state index contributed by atoms with van der Waals surface area (Å²) in [5, 5.41) is 15.7. The predicted molar refractivity (Wildman–Crippen MR) is 165 cm³/mol. The summed E-state index contributed by atoms with van der Waals surface area (Å²) in [5.41, 5.74) is 3.37. The van der Waals surface area contributed by atoms with Gasteiger partial charge in [0.15, 0.2) is 0 Å². The van der Waals surface area contributed by atoms with Gasteiger partial charge in [-0.3, -0.25) is 0 Å². The minimum Gasteiger partial charge on any atom is -0.490 e. The molecule has 1 spiro atoms. The van der Waals surface area contributed by atoms with E-state index in [0.29, 0.717) is 24.2 Å². The maximum absolute atomic E-state index is 12.0. The fourth-order valence-corrected chi connectivity index (χ4v) is 8.24. The van der Waals surface area contributed by atoms with Crippen LogP contribution in [0.15, 0.2) is 36.4 Å². The lowest BCUT2D eigenvalue weighted by atomic mass is 9.67. The van der Waals surface area contributed by atoms with Gasteiger partial charge in [-0.1, -0.05) is 17.7 Å². The summed E-state index contributed by atoms with van der Waals surface area (Å²) in [4.78, 5) is 14.3. The van der Waals surface area contributed by atoms with Gasteiger partial charge in [0.2, 0.25) is 10.0 Å². The molecular weight excluding hydrogens is 592 g/mol. The Balaban J connectivity index is 1.25. The Morgan fingerprint density at radius 2 is 2.05 bits per heavy atom. The molecule has 2 fully saturated rings. The predicted octanol–water partition coefficient (Wildman–Crippen LogP) is 4.78. The number of anilines is 1. The lowest BCUT2D eigenvalue weighted by Crippen LogP contribution is -2.51. The number of fused-ring (bicyclic) bond motifs is 3. The van der Waals surface area contributed by atoms with Crippen LogP contribution in [0.4, 0.5) is 5.69 Å². The van der Waals surface area contributed by atoms with Crippen molar-refractivity contribution in [3.63, 3.8) is 0 Å². The number of hydrogen-bond acceptors (Lipinski definition) is 7. The van der Waals surface area contributed by atoms with Crippen LogP contribution in [0, 0.1) is 11.8 Å². The minimum absolute atomic E-state index is 0.0127. The van der Waals surface area contributed by atoms with Gasteiger partial charge in [0.25, 0.3) is 0 Å². The highest BCUT2D eigenvalue weighted by atomic mass is 35.5. The molecule has 6 rings (SSSR count). The number of ether oxygens (including phenoxy) is 3. The molecular formula is C32H41ClN2O7S. The van der Waals surface area contributed by atoms with Crippen LogP contribution in [0.25, 0.3) is 0 Å². The first kappa shape index (κ1) is 30.6. The van der Waals surface area contributed by atoms with E-state index in [-0.39, 0.29) is 41.7 Å². The summed E-state index contributed by atoms with van der Waals surface area (Å²) in [6.07, 6.45) is 6.49. The number of halogens is 1. The highest BCUT2D eigenvalue weighted by Crippen LogP contribution is 2.47. The number of aromatic carboxylic acids is 1. The molecule has 2 aromatic carbocycles. The third kappa shape index (κ3) is 6.68. The largest absolute Gasteiger partial charge is 0.490 e. The van der Waals surface area contributed by atoms with Gasteiger partial charge in [0.05, 0.1) is 48.5 Å². The van der Waals surface area contributed by atoms with E-state index in [2.05, 4.69) is 17.0 Å². The van der Waals surface area contributed by atoms with Gasteiger partial charge in [0.1, 0.15) is 5.75 Å². The van der Waals surface area contributed by atoms with Crippen LogP contribution in [-0.2, 0) is 31.3 Å². The van der Waals surface area contributed by atoms with Crippen molar-refractivity contribution < 1.29 is 32.5 Å². The number of carboxylic acids is 1. The molecule has 2 aliphatic heterocycles. The molecule has 1 saturated heterocycles. The normalized spacial score (nSPS) is 30.5. The van der Waals surface area contributed by atoms with Crippen LogP contribution in [0.1, 0.15) is 66.9 Å². The van der Waals surface area contributed by atoms with Gasteiger partial charge < -0.3 is 24.2 Å². The van der Waals surface area contributed by atoms with E-state index in [4.69, 9.17) is 31.0 Å². The molecule has 43 heavy (non-hydrogen) atoms. The second-order valence-electron chi connectivity index (χ2n) is 12.9. The van der Waals surface area contributed by atoms with Crippen molar-refractivity contribution in [2.45, 2.75) is 75.6 Å². The standard InChI is InChI=1S/C32H41ClN2O7S/c1-20-13-25(40-11-12-43(34,38)39)16-30(42-20)26-7-4-23(26)17-35-18-32(10-2-3-21-14-24(33)6-8-27(21)32)19-41-29-9-5-22(31(36)37)15-28(29)35/h5-6,8-9,14-15,20,23,25-26,30H,2-4,7,10-13,16-19H2,1H3,(H,36,37)(H2,34,38,39)/t20-,23+,25+,26-,30-,32+/m1/s1. The second-order valence-corrected chi connectivity index (χ2v) is 15.1. The zero-order chi connectivity index (χ0) is 30.4. The minimum atomic E-state index is -3.57. The van der Waals surface area contributed by atoms with Gasteiger partial charge in [-0.2, -0.15) is 0 Å². The van der Waals surface area contributed by atoms with Crippen LogP contribution in [0.2, 0.25) is 5.02 Å². The van der Waals surface area contributed by atoms with Crippen molar-refractivity contribution in [1.82, 2.24) is 0 Å². The van der Waals surface area contributed by atoms with E-state index in [1.54, 1.807) is 18.2 Å². The van der Waals surface area contributed by atoms with E-state index in [0.717, 1.165) is 68.7 Å². The Labute approximate surface area is 258 Å². The molecule has 0 amide bonds. The van der Waals surface area contributed by atoms with E-state index in [1.165, 1.54) is 11.1 Å². The number of nitrogens with zero attached hydrogens (tertiary/aromatic N) is 1. The number of carbonyl (C=O) groups is 1. The van der Waals surface area contributed by atoms with E-state index in [1.807, 2.05) is 13.0 Å². The SMILES string of the molecule is C[C@@H]1C[C@H](OCCS(N)(=O)=O)C[C@H]([C@@H]2CC[C@H]2CN2C[C@@]3(CCCc4cc(Cl)ccc43)COc3ccc(C(=O)O)cc32)O1. The molecule has 4 aliphatic rings. The molecule has 0 aromatic heterocycles. The number of sulfonamides is 1. The molecule has 2 aromatic rings. The van der Waals surface area contributed by atoms with Gasteiger partial charge in [-0.05, 0) is 98.7 Å². The second kappa shape index (κ2) is 12.2. The summed E-state index contributed by atoms with van der Waals surface area (Å²) < 4.78 is 41.7. The van der Waals surface area contributed by atoms with Crippen molar-refractivity contribution >= 4 is 33.3 Å². The third-order valence-electron chi connectivity index (χ3n) is 9.91. The lowest BCUT2D eigenvalue weighted by Gasteiger charge is -2.48. The van der Waals surface area contributed by atoms with Crippen LogP contribution in [0.5, 0.6) is 5.75 Å². The molecule has 3 N–H and O–H groups in total. The van der Waals surface area contributed by atoms with Crippen molar-refractivity contribution in [3.8, 4) is 5.75 Å². The van der Waals surface area contributed by atoms with Crippen LogP contribution in [0.3, 0.4) is 0 Å². The number of benzene rings is 2. The van der Waals surface area contributed by atoms with Gasteiger partial charge in [0, 0.05) is 29.9 Å². The van der Waals surface area contributed by atoms with Crippen molar-refractivity contribution in [2.75, 3.05) is 37.0 Å².